The number of benzene rings is 2. The first-order valence-electron chi connectivity index (χ1n) is 13.0. The number of aromatic nitrogens is 2. The zero-order chi connectivity index (χ0) is 26.9. The van der Waals surface area contributed by atoms with E-state index in [1.807, 2.05) is 48.5 Å². The lowest BCUT2D eigenvalue weighted by Crippen LogP contribution is -2.64. The molecule has 2 N–H and O–H groups in total. The summed E-state index contributed by atoms with van der Waals surface area (Å²) < 4.78 is 6.83. The van der Waals surface area contributed by atoms with Gasteiger partial charge in [-0.05, 0) is 55.0 Å². The van der Waals surface area contributed by atoms with Crippen LogP contribution >= 0.6 is 0 Å². The maximum absolute atomic E-state index is 13.8. The largest absolute Gasteiger partial charge is 0.497 e. The van der Waals surface area contributed by atoms with Crippen LogP contribution in [0.15, 0.2) is 54.9 Å². The van der Waals surface area contributed by atoms with Crippen molar-refractivity contribution in [1.82, 2.24) is 25.1 Å². The van der Waals surface area contributed by atoms with E-state index in [1.54, 1.807) is 23.5 Å². The van der Waals surface area contributed by atoms with Crippen LogP contribution in [0.25, 0.3) is 0 Å². The Labute approximate surface area is 222 Å². The minimum Gasteiger partial charge on any atom is -0.497 e. The van der Waals surface area contributed by atoms with Crippen LogP contribution in [0.4, 0.5) is 0 Å². The molecule has 2 aliphatic rings. The first-order valence-corrected chi connectivity index (χ1v) is 13.0. The van der Waals surface area contributed by atoms with Gasteiger partial charge in [-0.1, -0.05) is 43.3 Å². The van der Waals surface area contributed by atoms with E-state index in [9.17, 15) is 14.4 Å². The second-order valence-electron chi connectivity index (χ2n) is 10.1. The third-order valence-corrected chi connectivity index (χ3v) is 7.38. The Hall–Kier alpha value is -4.14. The molecule has 3 aromatic rings. The fourth-order valence-electron chi connectivity index (χ4n) is 5.00. The molecule has 1 fully saturated rings. The number of methoxy groups -OCH3 is 1. The number of amides is 3. The summed E-state index contributed by atoms with van der Waals surface area (Å²) >= 11 is 0. The fraction of sp³-hybridized carbons (Fsp3) is 0.379. The summed E-state index contributed by atoms with van der Waals surface area (Å²) in [6.45, 7) is 4.76. The first kappa shape index (κ1) is 25.5. The highest BCUT2D eigenvalue weighted by Crippen LogP contribution is 2.38. The van der Waals surface area contributed by atoms with Gasteiger partial charge in [0.15, 0.2) is 5.69 Å². The van der Waals surface area contributed by atoms with E-state index >= 15 is 0 Å². The quantitative estimate of drug-likeness (QED) is 0.456. The van der Waals surface area contributed by atoms with Gasteiger partial charge in [0.05, 0.1) is 20.0 Å². The van der Waals surface area contributed by atoms with Crippen LogP contribution in [0.1, 0.15) is 64.4 Å². The zero-order valence-electron chi connectivity index (χ0n) is 22.0. The topological polar surface area (TPSA) is 106 Å². The molecule has 3 amide bonds. The molecule has 198 valence electrons. The van der Waals surface area contributed by atoms with Gasteiger partial charge in [-0.3, -0.25) is 14.4 Å². The van der Waals surface area contributed by atoms with E-state index in [1.165, 1.54) is 11.9 Å². The molecule has 1 saturated carbocycles. The van der Waals surface area contributed by atoms with Crippen molar-refractivity contribution >= 4 is 17.7 Å². The van der Waals surface area contributed by atoms with Gasteiger partial charge in [0, 0.05) is 19.1 Å². The third-order valence-electron chi connectivity index (χ3n) is 7.38. The molecule has 0 radical (unpaired) electrons. The third kappa shape index (κ3) is 4.88. The monoisotopic (exact) mass is 515 g/mol. The first-order chi connectivity index (χ1) is 18.3. The molecule has 0 saturated heterocycles. The fourth-order valence-corrected chi connectivity index (χ4v) is 5.00. The average molecular weight is 516 g/mol. The Balaban J connectivity index is 1.32. The van der Waals surface area contributed by atoms with Crippen LogP contribution in [0.3, 0.4) is 0 Å². The predicted molar refractivity (Wildman–Crippen MR) is 142 cm³/mol. The molecule has 38 heavy (non-hydrogen) atoms. The standard InChI is InChI=1S/C29H33N5O4/c1-4-19-5-7-20(8-6-19)15-30-26(35)24-25-27(36)34(22-11-12-22)29(2,17-33(25)18-32-24)28(37)31-16-21-9-13-23(38-3)14-10-21/h5-10,13-14,18,22H,4,11-12,15-17H2,1-3H3,(H,30,35)(H,31,37). The smallest absolute Gasteiger partial charge is 0.274 e. The SMILES string of the molecule is CCc1ccc(CNC(=O)c2ncn3c2C(=O)N(C2CC2)C(C)(C(=O)NCc2ccc(OC)cc2)C3)cc1. The van der Waals surface area contributed by atoms with Gasteiger partial charge in [0.25, 0.3) is 11.8 Å². The molecule has 1 aromatic heterocycles. The van der Waals surface area contributed by atoms with Crippen LogP contribution in [0.5, 0.6) is 5.75 Å². The summed E-state index contributed by atoms with van der Waals surface area (Å²) in [7, 11) is 1.61. The van der Waals surface area contributed by atoms with Crippen molar-refractivity contribution in [3.63, 3.8) is 0 Å². The van der Waals surface area contributed by atoms with Crippen LogP contribution in [-0.2, 0) is 30.8 Å². The molecule has 1 aliphatic carbocycles. The van der Waals surface area contributed by atoms with Gasteiger partial charge in [-0.15, -0.1) is 0 Å². The van der Waals surface area contributed by atoms with Crippen molar-refractivity contribution in [1.29, 1.82) is 0 Å². The summed E-state index contributed by atoms with van der Waals surface area (Å²) in [5, 5.41) is 5.89. The Morgan fingerprint density at radius 3 is 2.21 bits per heavy atom. The molecule has 9 nitrogen and oxygen atoms in total. The normalized spacial score (nSPS) is 18.6. The van der Waals surface area contributed by atoms with Crippen molar-refractivity contribution in [3.05, 3.63) is 82.9 Å². The summed E-state index contributed by atoms with van der Waals surface area (Å²) in [5.74, 6) is -0.244. The lowest BCUT2D eigenvalue weighted by atomic mass is 9.93. The highest BCUT2D eigenvalue weighted by molar-refractivity contribution is 6.07. The number of carbonyl (C=O) groups is 3. The van der Waals surface area contributed by atoms with Gasteiger partial charge in [-0.25, -0.2) is 4.98 Å². The minimum absolute atomic E-state index is 0.0316. The van der Waals surface area contributed by atoms with Gasteiger partial charge in [0.2, 0.25) is 5.91 Å². The second-order valence-corrected chi connectivity index (χ2v) is 10.1. The predicted octanol–water partition coefficient (Wildman–Crippen LogP) is 3.08. The van der Waals surface area contributed by atoms with Gasteiger partial charge >= 0.3 is 0 Å². The van der Waals surface area contributed by atoms with Crippen LogP contribution in [-0.4, -0.2) is 50.9 Å². The molecule has 2 heterocycles. The Morgan fingerprint density at radius 1 is 1.00 bits per heavy atom. The van der Waals surface area contributed by atoms with Gasteiger partial charge in [0.1, 0.15) is 17.0 Å². The molecule has 1 unspecified atom stereocenters. The maximum atomic E-state index is 13.8. The zero-order valence-corrected chi connectivity index (χ0v) is 22.0. The second kappa shape index (κ2) is 10.3. The van der Waals surface area contributed by atoms with E-state index in [2.05, 4.69) is 22.5 Å². The number of hydrogen-bond acceptors (Lipinski definition) is 5. The molecule has 1 aliphatic heterocycles. The van der Waals surface area contributed by atoms with E-state index in [-0.39, 0.29) is 35.8 Å². The lowest BCUT2D eigenvalue weighted by molar-refractivity contribution is -0.133. The van der Waals surface area contributed by atoms with Crippen LogP contribution in [0, 0.1) is 0 Å². The molecule has 9 heteroatoms. The van der Waals surface area contributed by atoms with Crippen molar-refractivity contribution in [2.75, 3.05) is 7.11 Å². The van der Waals surface area contributed by atoms with Crippen molar-refractivity contribution in [2.24, 2.45) is 0 Å². The number of aryl methyl sites for hydroxylation is 1. The van der Waals surface area contributed by atoms with Gasteiger partial charge < -0.3 is 24.8 Å². The van der Waals surface area contributed by atoms with Crippen molar-refractivity contribution in [2.45, 2.75) is 64.3 Å². The number of imidazole rings is 1. The summed E-state index contributed by atoms with van der Waals surface area (Å²) in [6.07, 6.45) is 4.09. The van der Waals surface area contributed by atoms with Crippen LogP contribution < -0.4 is 15.4 Å². The summed E-state index contributed by atoms with van der Waals surface area (Å²) in [4.78, 5) is 46.3. The minimum atomic E-state index is -1.10. The summed E-state index contributed by atoms with van der Waals surface area (Å²) in [5.41, 5.74) is 2.34. The average Bonchev–Trinajstić information content (AvgIpc) is 3.68. The molecular weight excluding hydrogens is 482 g/mol. The molecule has 1 atom stereocenters. The Kier molecular flexibility index (Phi) is 6.93. The van der Waals surface area contributed by atoms with E-state index < -0.39 is 11.4 Å². The lowest BCUT2D eigenvalue weighted by Gasteiger charge is -2.44. The number of carbonyl (C=O) groups excluding carboxylic acids is 3. The van der Waals surface area contributed by atoms with Crippen LogP contribution in [0.2, 0.25) is 0 Å². The number of fused-ring (bicyclic) bond motifs is 1. The molecule has 0 spiro atoms. The van der Waals surface area contributed by atoms with Crippen molar-refractivity contribution < 1.29 is 19.1 Å². The molecular formula is C29H33N5O4. The Morgan fingerprint density at radius 2 is 1.61 bits per heavy atom. The number of rotatable bonds is 9. The van der Waals surface area contributed by atoms with Crippen molar-refractivity contribution in [3.8, 4) is 5.75 Å². The molecule has 5 rings (SSSR count). The maximum Gasteiger partial charge on any atom is 0.274 e. The van der Waals surface area contributed by atoms with E-state index in [0.29, 0.717) is 13.1 Å². The number of hydrogen-bond donors (Lipinski definition) is 2. The number of nitrogens with zero attached hydrogens (tertiary/aromatic N) is 3. The number of ether oxygens (including phenoxy) is 1. The molecule has 2 aromatic carbocycles. The van der Waals surface area contributed by atoms with E-state index in [0.717, 1.165) is 36.1 Å². The highest BCUT2D eigenvalue weighted by Gasteiger charge is 2.53. The molecule has 0 bridgehead atoms. The Bertz CT molecular complexity index is 1340. The van der Waals surface area contributed by atoms with Gasteiger partial charge in [-0.2, -0.15) is 0 Å². The highest BCUT2D eigenvalue weighted by atomic mass is 16.5. The van der Waals surface area contributed by atoms with E-state index in [4.69, 9.17) is 4.74 Å². The summed E-state index contributed by atoms with van der Waals surface area (Å²) in [6, 6.07) is 15.5. The number of nitrogens with one attached hydrogen (secondary N) is 2.